The van der Waals surface area contributed by atoms with Gasteiger partial charge in [-0.2, -0.15) is 18.3 Å². The molecule has 0 aromatic carbocycles. The molecule has 4 aromatic rings. The number of aromatic nitrogens is 5. The minimum Gasteiger partial charge on any atom is -0.390 e. The maximum atomic E-state index is 14.1. The molecule has 0 aliphatic carbocycles. The molecule has 1 amide bonds. The van der Waals surface area contributed by atoms with Crippen LogP contribution in [0.15, 0.2) is 30.7 Å². The summed E-state index contributed by atoms with van der Waals surface area (Å²) in [6, 6.07) is 1.86. The van der Waals surface area contributed by atoms with Crippen LogP contribution in [0.2, 0.25) is 0 Å². The second-order valence-corrected chi connectivity index (χ2v) is 8.84. The SMILES string of the molecule is CC1(O)CCN(C(=O)c2cc3c(cn2)c(-c2cnc4c(F)cc(F)cn24)nn3CC(F)(F)F)CC1. The first-order valence-corrected chi connectivity index (χ1v) is 10.7. The monoisotopic (exact) mass is 494 g/mol. The molecule has 5 heterocycles. The summed E-state index contributed by atoms with van der Waals surface area (Å²) in [5.41, 5.74) is -1.18. The lowest BCUT2D eigenvalue weighted by Crippen LogP contribution is -2.45. The van der Waals surface area contributed by atoms with Gasteiger partial charge in [-0.1, -0.05) is 0 Å². The fourth-order valence-corrected chi connectivity index (χ4v) is 4.21. The number of piperidine rings is 1. The third kappa shape index (κ3) is 4.31. The Bertz CT molecular complexity index is 1450. The van der Waals surface area contributed by atoms with E-state index in [4.69, 9.17) is 0 Å². The number of rotatable bonds is 3. The molecule has 0 unspecified atom stereocenters. The smallest absolute Gasteiger partial charge is 0.390 e. The highest BCUT2D eigenvalue weighted by Crippen LogP contribution is 2.32. The van der Waals surface area contributed by atoms with Crippen molar-refractivity contribution in [2.24, 2.45) is 0 Å². The van der Waals surface area contributed by atoms with Crippen LogP contribution in [0.5, 0.6) is 0 Å². The Morgan fingerprint density at radius 1 is 1.14 bits per heavy atom. The second kappa shape index (κ2) is 7.97. The highest BCUT2D eigenvalue weighted by Gasteiger charge is 2.33. The Labute approximate surface area is 194 Å². The number of pyridine rings is 2. The summed E-state index contributed by atoms with van der Waals surface area (Å²) in [6.07, 6.45) is -0.563. The number of aliphatic hydroxyl groups is 1. The van der Waals surface area contributed by atoms with Crippen molar-refractivity contribution in [3.8, 4) is 11.4 Å². The van der Waals surface area contributed by atoms with Crippen LogP contribution in [0.3, 0.4) is 0 Å². The van der Waals surface area contributed by atoms with Crippen LogP contribution in [-0.2, 0) is 6.54 Å². The number of amides is 1. The molecule has 5 rings (SSSR count). The molecule has 4 aromatic heterocycles. The summed E-state index contributed by atoms with van der Waals surface area (Å²) >= 11 is 0. The van der Waals surface area contributed by atoms with E-state index >= 15 is 0 Å². The highest BCUT2D eigenvalue weighted by atomic mass is 19.4. The van der Waals surface area contributed by atoms with Gasteiger partial charge in [-0.15, -0.1) is 0 Å². The molecular formula is C22H19F5N6O2. The average molecular weight is 494 g/mol. The maximum absolute atomic E-state index is 14.1. The number of hydrogen-bond donors (Lipinski definition) is 1. The number of halogens is 5. The molecule has 1 N–H and O–H groups in total. The summed E-state index contributed by atoms with van der Waals surface area (Å²) in [4.78, 5) is 22.5. The van der Waals surface area contributed by atoms with Gasteiger partial charge in [0.2, 0.25) is 0 Å². The third-order valence-electron chi connectivity index (χ3n) is 6.08. The lowest BCUT2D eigenvalue weighted by Gasteiger charge is -2.35. The van der Waals surface area contributed by atoms with Gasteiger partial charge in [0.1, 0.15) is 23.7 Å². The summed E-state index contributed by atoms with van der Waals surface area (Å²) in [5.74, 6) is -2.33. The van der Waals surface area contributed by atoms with Gasteiger partial charge in [0, 0.05) is 36.9 Å². The average Bonchev–Trinajstić information content (AvgIpc) is 3.33. The van der Waals surface area contributed by atoms with Gasteiger partial charge < -0.3 is 10.0 Å². The molecule has 1 fully saturated rings. The van der Waals surface area contributed by atoms with E-state index in [-0.39, 0.29) is 46.7 Å². The third-order valence-corrected chi connectivity index (χ3v) is 6.08. The van der Waals surface area contributed by atoms with Crippen molar-refractivity contribution in [1.29, 1.82) is 0 Å². The van der Waals surface area contributed by atoms with E-state index in [0.29, 0.717) is 23.6 Å². The van der Waals surface area contributed by atoms with Crippen molar-refractivity contribution in [3.05, 3.63) is 48.1 Å². The zero-order chi connectivity index (χ0) is 25.1. The van der Waals surface area contributed by atoms with Crippen molar-refractivity contribution in [2.45, 2.75) is 38.1 Å². The number of likely N-dealkylation sites (tertiary alicyclic amines) is 1. The van der Waals surface area contributed by atoms with Crippen molar-refractivity contribution in [2.75, 3.05) is 13.1 Å². The van der Waals surface area contributed by atoms with Crippen molar-refractivity contribution >= 4 is 22.5 Å². The van der Waals surface area contributed by atoms with E-state index in [1.54, 1.807) is 6.92 Å². The largest absolute Gasteiger partial charge is 0.408 e. The fourth-order valence-electron chi connectivity index (χ4n) is 4.21. The molecule has 1 aliphatic rings. The Morgan fingerprint density at radius 2 is 1.86 bits per heavy atom. The van der Waals surface area contributed by atoms with E-state index < -0.39 is 35.9 Å². The predicted octanol–water partition coefficient (Wildman–Crippen LogP) is 3.57. The molecule has 1 saturated heterocycles. The zero-order valence-electron chi connectivity index (χ0n) is 18.4. The second-order valence-electron chi connectivity index (χ2n) is 8.84. The van der Waals surface area contributed by atoms with Crippen LogP contribution in [0.4, 0.5) is 22.0 Å². The van der Waals surface area contributed by atoms with Gasteiger partial charge >= 0.3 is 6.18 Å². The van der Waals surface area contributed by atoms with Crippen LogP contribution in [0.25, 0.3) is 27.9 Å². The molecule has 0 radical (unpaired) electrons. The summed E-state index contributed by atoms with van der Waals surface area (Å²) in [5, 5.41) is 14.3. The van der Waals surface area contributed by atoms with Crippen molar-refractivity contribution in [3.63, 3.8) is 0 Å². The number of carbonyl (C=O) groups excluding carboxylic acids is 1. The molecule has 0 spiro atoms. The van der Waals surface area contributed by atoms with E-state index in [9.17, 15) is 31.9 Å². The van der Waals surface area contributed by atoms with Gasteiger partial charge in [0.05, 0.1) is 23.0 Å². The van der Waals surface area contributed by atoms with Crippen LogP contribution in [0.1, 0.15) is 30.3 Å². The first-order valence-electron chi connectivity index (χ1n) is 10.7. The van der Waals surface area contributed by atoms with Crippen LogP contribution in [-0.4, -0.2) is 64.9 Å². The highest BCUT2D eigenvalue weighted by molar-refractivity contribution is 5.99. The van der Waals surface area contributed by atoms with E-state index in [0.717, 1.165) is 10.6 Å². The van der Waals surface area contributed by atoms with Crippen molar-refractivity contribution < 1.29 is 31.9 Å². The number of alkyl halides is 3. The molecule has 13 heteroatoms. The van der Waals surface area contributed by atoms with Crippen LogP contribution in [0, 0.1) is 11.6 Å². The molecule has 8 nitrogen and oxygen atoms in total. The lowest BCUT2D eigenvalue weighted by molar-refractivity contribution is -0.141. The zero-order valence-corrected chi connectivity index (χ0v) is 18.4. The standard InChI is InChI=1S/C22H19F5N6O2/c1-21(35)2-4-31(5-3-21)20(34)15-7-16-13(8-28-15)18(30-33(16)11-22(25,26)27)17-9-29-19-14(24)6-12(23)10-32(17)19/h6-10,35H,2-5,11H2,1H3. The quantitative estimate of drug-likeness (QED) is 0.440. The van der Waals surface area contributed by atoms with Crippen LogP contribution >= 0.6 is 0 Å². The van der Waals surface area contributed by atoms with E-state index in [1.807, 2.05) is 0 Å². The number of hydrogen-bond acceptors (Lipinski definition) is 5. The van der Waals surface area contributed by atoms with Gasteiger partial charge in [-0.3, -0.25) is 18.9 Å². The lowest BCUT2D eigenvalue weighted by atomic mass is 9.94. The van der Waals surface area contributed by atoms with Crippen LogP contribution < -0.4 is 0 Å². The molecule has 0 bridgehead atoms. The minimum absolute atomic E-state index is 0.0218. The summed E-state index contributed by atoms with van der Waals surface area (Å²) in [6.45, 7) is 0.774. The Hall–Kier alpha value is -3.61. The molecule has 0 saturated carbocycles. The number of imidazole rings is 1. The summed E-state index contributed by atoms with van der Waals surface area (Å²) in [7, 11) is 0. The Morgan fingerprint density at radius 3 is 2.54 bits per heavy atom. The van der Waals surface area contributed by atoms with Crippen molar-refractivity contribution in [1.82, 2.24) is 29.0 Å². The number of carbonyl (C=O) groups is 1. The summed E-state index contributed by atoms with van der Waals surface area (Å²) < 4.78 is 69.6. The maximum Gasteiger partial charge on any atom is 0.408 e. The predicted molar refractivity (Wildman–Crippen MR) is 113 cm³/mol. The first-order chi connectivity index (χ1) is 16.4. The molecule has 35 heavy (non-hydrogen) atoms. The van der Waals surface area contributed by atoms with Gasteiger partial charge in [0.15, 0.2) is 11.5 Å². The van der Waals surface area contributed by atoms with E-state index in [1.165, 1.54) is 23.4 Å². The molecule has 184 valence electrons. The topological polar surface area (TPSA) is 88.5 Å². The first kappa shape index (κ1) is 23.1. The number of nitrogens with zero attached hydrogens (tertiary/aromatic N) is 6. The van der Waals surface area contributed by atoms with Gasteiger partial charge in [-0.25, -0.2) is 13.8 Å². The molecule has 0 atom stereocenters. The normalized spacial score (nSPS) is 16.4. The Kier molecular flexibility index (Phi) is 5.27. The number of fused-ring (bicyclic) bond motifs is 2. The molecular weight excluding hydrogens is 475 g/mol. The van der Waals surface area contributed by atoms with Gasteiger partial charge in [-0.05, 0) is 25.8 Å². The Balaban J connectivity index is 1.61. The minimum atomic E-state index is -4.63. The fraction of sp³-hybridized carbons (Fsp3) is 0.364. The molecule has 1 aliphatic heterocycles. The van der Waals surface area contributed by atoms with Gasteiger partial charge in [0.25, 0.3) is 5.91 Å². The van der Waals surface area contributed by atoms with E-state index in [2.05, 4.69) is 15.1 Å².